The molecule has 0 bridgehead atoms. The molecule has 53 heavy (non-hydrogen) atoms. The van der Waals surface area contributed by atoms with Crippen LogP contribution in [0.2, 0.25) is 0 Å². The fourth-order valence-electron chi connectivity index (χ4n) is 10.7. The Labute approximate surface area is 328 Å². The third-order valence-electron chi connectivity index (χ3n) is 13.6. The van der Waals surface area contributed by atoms with E-state index in [1.54, 1.807) is 0 Å². The second-order valence-corrected chi connectivity index (χ2v) is 23.4. The van der Waals surface area contributed by atoms with E-state index in [-0.39, 0.29) is 15.8 Å². The molecule has 0 aliphatic heterocycles. The molecule has 2 atom stereocenters. The third-order valence-corrected chi connectivity index (χ3v) is 20.9. The van der Waals surface area contributed by atoms with Gasteiger partial charge in [-0.1, -0.05) is 136 Å². The molecule has 296 valence electrons. The van der Waals surface area contributed by atoms with Crippen LogP contribution in [0.1, 0.15) is 170 Å². The van der Waals surface area contributed by atoms with Crippen LogP contribution in [0.3, 0.4) is 0 Å². The molecule has 6 heteroatoms. The van der Waals surface area contributed by atoms with E-state index in [1.807, 2.05) is 0 Å². The Morgan fingerprint density at radius 2 is 0.717 bits per heavy atom. The maximum Gasteiger partial charge on any atom is 0.0970 e. The first-order valence-electron chi connectivity index (χ1n) is 22.7. The molecule has 4 fully saturated rings. The summed E-state index contributed by atoms with van der Waals surface area (Å²) in [7, 11) is -0.273. The predicted octanol–water partition coefficient (Wildman–Crippen LogP) is 13.7. The maximum absolute atomic E-state index is 4.25. The van der Waals surface area contributed by atoms with E-state index < -0.39 is 0 Å². The lowest BCUT2D eigenvalue weighted by molar-refractivity contribution is 0.474. The standard InChI is InChI=1S/C47H78N4P2/c1-36-22-20-23-37(2)44(36)50-46(52(40-26-10-5-11-27-40)41-28-12-6-13-29-41)48-34-18-9-19-35-49-47(51-45-38(3)24-21-25-39(45)4)53(42-30-14-7-15-31-42)43-32-16-8-17-33-43/h20-25,40-43,46-51H,5-19,26-35H2,1-4H3. The van der Waals surface area contributed by atoms with E-state index in [0.29, 0.717) is 11.8 Å². The van der Waals surface area contributed by atoms with Crippen molar-refractivity contribution in [2.75, 3.05) is 23.7 Å². The Balaban J connectivity index is 1.10. The highest BCUT2D eigenvalue weighted by molar-refractivity contribution is 7.60. The second kappa shape index (κ2) is 21.9. The SMILES string of the molecule is Cc1cccc(C)c1NC(NCCCCCNC(Nc1c(C)cccc1C)P(C1CCCCC1)C1CCCCC1)P(C1CCCCC1)C1CCCCC1. The zero-order valence-electron chi connectivity index (χ0n) is 34.5. The number of hydrogen-bond acceptors (Lipinski definition) is 4. The molecular formula is C47H78N4P2. The van der Waals surface area contributed by atoms with E-state index in [0.717, 1.165) is 35.7 Å². The van der Waals surface area contributed by atoms with Gasteiger partial charge in [0.05, 0.1) is 11.8 Å². The molecule has 0 spiro atoms. The van der Waals surface area contributed by atoms with Crippen LogP contribution in [0, 0.1) is 27.7 Å². The van der Waals surface area contributed by atoms with E-state index >= 15 is 0 Å². The number of nitrogens with one attached hydrogen (secondary N) is 4. The van der Waals surface area contributed by atoms with Crippen molar-refractivity contribution >= 4 is 27.2 Å². The number of hydrogen-bond donors (Lipinski definition) is 4. The largest absolute Gasteiger partial charge is 0.366 e. The summed E-state index contributed by atoms with van der Waals surface area (Å²) in [5, 5.41) is 17.0. The molecule has 6 rings (SSSR count). The fraction of sp³-hybridized carbons (Fsp3) is 0.745. The number of benzene rings is 2. The summed E-state index contributed by atoms with van der Waals surface area (Å²) in [5.41, 5.74) is 12.1. The van der Waals surface area contributed by atoms with Gasteiger partial charge in [-0.25, -0.2) is 0 Å². The van der Waals surface area contributed by atoms with Crippen LogP contribution >= 0.6 is 15.8 Å². The minimum atomic E-state index is -0.136. The first-order valence-corrected chi connectivity index (χ1v) is 25.8. The number of rotatable bonds is 18. The molecule has 0 saturated heterocycles. The minimum absolute atomic E-state index is 0.136. The number of para-hydroxylation sites is 2. The summed E-state index contributed by atoms with van der Waals surface area (Å²) in [6.07, 6.45) is 32.9. The predicted molar refractivity (Wildman–Crippen MR) is 238 cm³/mol. The van der Waals surface area contributed by atoms with E-state index in [1.165, 1.54) is 181 Å². The molecule has 0 heterocycles. The molecule has 4 nitrogen and oxygen atoms in total. The summed E-state index contributed by atoms with van der Waals surface area (Å²) in [6, 6.07) is 13.7. The molecule has 0 amide bonds. The highest BCUT2D eigenvalue weighted by atomic mass is 31.1. The van der Waals surface area contributed by atoms with Gasteiger partial charge in [0.25, 0.3) is 0 Å². The molecule has 0 aromatic heterocycles. The first kappa shape index (κ1) is 41.5. The van der Waals surface area contributed by atoms with Gasteiger partial charge in [-0.2, -0.15) is 0 Å². The molecule has 4 aliphatic carbocycles. The van der Waals surface area contributed by atoms with Gasteiger partial charge in [0, 0.05) is 11.4 Å². The Kier molecular flexibility index (Phi) is 17.2. The van der Waals surface area contributed by atoms with Crippen LogP contribution in [-0.2, 0) is 0 Å². The summed E-state index contributed by atoms with van der Waals surface area (Å²) in [6.45, 7) is 11.5. The average Bonchev–Trinajstić information content (AvgIpc) is 3.19. The summed E-state index contributed by atoms with van der Waals surface area (Å²) < 4.78 is 0. The van der Waals surface area contributed by atoms with Crippen molar-refractivity contribution in [3.63, 3.8) is 0 Å². The Bertz CT molecular complexity index is 1160. The third kappa shape index (κ3) is 11.9. The Morgan fingerprint density at radius 1 is 0.434 bits per heavy atom. The van der Waals surface area contributed by atoms with Crippen LogP contribution in [-0.4, -0.2) is 47.5 Å². The molecule has 2 aromatic carbocycles. The van der Waals surface area contributed by atoms with E-state index in [4.69, 9.17) is 0 Å². The lowest BCUT2D eigenvalue weighted by Gasteiger charge is -2.44. The molecule has 4 aliphatic rings. The van der Waals surface area contributed by atoms with Gasteiger partial charge in [-0.3, -0.25) is 10.6 Å². The second-order valence-electron chi connectivity index (χ2n) is 17.7. The summed E-state index contributed by atoms with van der Waals surface area (Å²) in [4.78, 5) is 0. The molecule has 0 radical (unpaired) electrons. The zero-order valence-corrected chi connectivity index (χ0v) is 36.3. The topological polar surface area (TPSA) is 48.1 Å². The van der Waals surface area contributed by atoms with Crippen LogP contribution in [0.15, 0.2) is 36.4 Å². The van der Waals surface area contributed by atoms with Gasteiger partial charge < -0.3 is 10.6 Å². The Hall–Kier alpha value is -1.18. The zero-order chi connectivity index (χ0) is 36.8. The lowest BCUT2D eigenvalue weighted by atomic mass is 9.99. The van der Waals surface area contributed by atoms with Crippen molar-refractivity contribution in [1.82, 2.24) is 10.6 Å². The number of anilines is 2. The van der Waals surface area contributed by atoms with E-state index in [9.17, 15) is 0 Å². The molecule has 2 aromatic rings. The minimum Gasteiger partial charge on any atom is -0.366 e. The van der Waals surface area contributed by atoms with Crippen LogP contribution in [0.5, 0.6) is 0 Å². The van der Waals surface area contributed by atoms with Crippen molar-refractivity contribution in [2.45, 2.75) is 210 Å². The monoisotopic (exact) mass is 761 g/mol. The van der Waals surface area contributed by atoms with Gasteiger partial charge in [-0.05, 0) is 150 Å². The highest BCUT2D eigenvalue weighted by Crippen LogP contribution is 2.59. The number of unbranched alkanes of at least 4 members (excludes halogenated alkanes) is 2. The maximum atomic E-state index is 4.25. The van der Waals surface area contributed by atoms with Crippen molar-refractivity contribution in [3.8, 4) is 0 Å². The molecule has 4 saturated carbocycles. The van der Waals surface area contributed by atoms with Crippen molar-refractivity contribution < 1.29 is 0 Å². The summed E-state index contributed by atoms with van der Waals surface area (Å²) >= 11 is 0. The van der Waals surface area contributed by atoms with Gasteiger partial charge >= 0.3 is 0 Å². The normalized spacial score (nSPS) is 21.2. The van der Waals surface area contributed by atoms with Crippen molar-refractivity contribution in [2.24, 2.45) is 0 Å². The van der Waals surface area contributed by atoms with Gasteiger partial charge in [-0.15, -0.1) is 0 Å². The highest BCUT2D eigenvalue weighted by Gasteiger charge is 2.38. The smallest absolute Gasteiger partial charge is 0.0970 e. The van der Waals surface area contributed by atoms with Gasteiger partial charge in [0.15, 0.2) is 0 Å². The average molecular weight is 761 g/mol. The van der Waals surface area contributed by atoms with E-state index in [2.05, 4.69) is 85.4 Å². The quantitative estimate of drug-likeness (QED) is 0.0694. The molecule has 2 unspecified atom stereocenters. The van der Waals surface area contributed by atoms with Crippen LogP contribution in [0.4, 0.5) is 11.4 Å². The number of aryl methyl sites for hydroxylation is 4. The molecular weight excluding hydrogens is 682 g/mol. The molecule has 4 N–H and O–H groups in total. The van der Waals surface area contributed by atoms with Gasteiger partial charge in [0.2, 0.25) is 0 Å². The Morgan fingerprint density at radius 3 is 1.00 bits per heavy atom. The summed E-state index contributed by atoms with van der Waals surface area (Å²) in [5.74, 6) is 0.851. The van der Waals surface area contributed by atoms with Crippen LogP contribution < -0.4 is 21.3 Å². The van der Waals surface area contributed by atoms with Gasteiger partial charge in [0.1, 0.15) is 0 Å². The van der Waals surface area contributed by atoms with Crippen molar-refractivity contribution in [3.05, 3.63) is 58.7 Å². The lowest BCUT2D eigenvalue weighted by Crippen LogP contribution is -2.42. The van der Waals surface area contributed by atoms with Crippen LogP contribution in [0.25, 0.3) is 0 Å². The van der Waals surface area contributed by atoms with Crippen molar-refractivity contribution in [1.29, 1.82) is 0 Å². The fourth-order valence-corrected chi connectivity index (χ4v) is 18.6. The first-order chi connectivity index (χ1) is 26.0.